The topological polar surface area (TPSA) is 107 Å². The maximum atomic E-state index is 13.8. The van der Waals surface area contributed by atoms with Crippen LogP contribution in [0.3, 0.4) is 0 Å². The highest BCUT2D eigenvalue weighted by Crippen LogP contribution is 2.37. The fraction of sp³-hybridized carbons (Fsp3) is 0.548. The molecule has 0 aromatic heterocycles. The number of piperidine rings is 1. The van der Waals surface area contributed by atoms with Crippen LogP contribution < -0.4 is 24.8 Å². The molecule has 0 bridgehead atoms. The Morgan fingerprint density at radius 3 is 2.00 bits per heavy atom. The van der Waals surface area contributed by atoms with Crippen LogP contribution in [0, 0.1) is 0 Å². The number of ether oxygens (including phenoxy) is 4. The van der Waals surface area contributed by atoms with E-state index in [2.05, 4.69) is 18.7 Å². The highest BCUT2D eigenvalue weighted by molar-refractivity contribution is 6.06. The summed E-state index contributed by atoms with van der Waals surface area (Å²) in [5, 5.41) is 1.15. The lowest BCUT2D eigenvalue weighted by molar-refractivity contribution is -0.136. The Kier molecular flexibility index (Phi) is 10.3. The Morgan fingerprint density at radius 1 is 0.805 bits per heavy atom. The number of unbranched alkanes of at least 4 members (excludes halogenated alkanes) is 2. The van der Waals surface area contributed by atoms with Crippen molar-refractivity contribution in [3.8, 4) is 23.0 Å². The third kappa shape index (κ3) is 6.87. The molecule has 41 heavy (non-hydrogen) atoms. The molecule has 0 atom stereocenters. The highest BCUT2D eigenvalue weighted by Gasteiger charge is 2.57. The van der Waals surface area contributed by atoms with E-state index >= 15 is 0 Å². The molecule has 0 unspecified atom stereocenters. The Hall–Kier alpha value is -3.50. The molecule has 10 nitrogen and oxygen atoms in total. The molecule has 2 saturated heterocycles. The van der Waals surface area contributed by atoms with Gasteiger partial charge in [0.15, 0.2) is 11.5 Å². The number of rotatable bonds is 14. The van der Waals surface area contributed by atoms with E-state index < -0.39 is 11.6 Å². The zero-order valence-corrected chi connectivity index (χ0v) is 24.8. The van der Waals surface area contributed by atoms with E-state index in [1.165, 1.54) is 4.90 Å². The lowest BCUT2D eigenvalue weighted by Crippen LogP contribution is -2.58. The largest absolute Gasteiger partial charge is 0.497 e. The van der Waals surface area contributed by atoms with Gasteiger partial charge in [-0.15, -0.1) is 0 Å². The first-order chi connectivity index (χ1) is 19.8. The molecule has 2 aliphatic heterocycles. The van der Waals surface area contributed by atoms with Crippen molar-refractivity contribution in [2.24, 2.45) is 5.84 Å². The maximum Gasteiger partial charge on any atom is 0.342 e. The van der Waals surface area contributed by atoms with Crippen molar-refractivity contribution in [1.29, 1.82) is 0 Å². The van der Waals surface area contributed by atoms with Crippen molar-refractivity contribution >= 4 is 11.9 Å². The van der Waals surface area contributed by atoms with E-state index in [9.17, 15) is 9.59 Å². The molecule has 2 fully saturated rings. The van der Waals surface area contributed by atoms with Gasteiger partial charge in [0, 0.05) is 25.7 Å². The van der Waals surface area contributed by atoms with Gasteiger partial charge in [-0.25, -0.2) is 15.6 Å². The average Bonchev–Trinajstić information content (AvgIpc) is 3.15. The number of hydrogen-bond acceptors (Lipinski definition) is 8. The standard InChI is InChI=1S/C31H44N4O6/c1-5-7-15-40-27-10-9-23(19-28(27)41-16-8-6-2)22-34-29(36)31(35(32)30(34)37)11-13-33(14-12-31)21-24-17-25(38-3)20-26(18-24)39-4/h9-10,17-20H,5-8,11-16,21-22,32H2,1-4H3. The molecule has 0 saturated carbocycles. The summed E-state index contributed by atoms with van der Waals surface area (Å²) in [5.74, 6) is 8.85. The SMILES string of the molecule is CCCCOc1ccc(CN2C(=O)N(N)C3(CCN(Cc4cc(OC)cc(OC)c4)CC3)C2=O)cc1OCCCC. The summed E-state index contributed by atoms with van der Waals surface area (Å²) in [6, 6.07) is 10.9. The maximum absolute atomic E-state index is 13.8. The Bertz CT molecular complexity index is 1170. The number of hydrogen-bond donors (Lipinski definition) is 1. The minimum absolute atomic E-state index is 0.125. The van der Waals surface area contributed by atoms with E-state index in [-0.39, 0.29) is 12.5 Å². The van der Waals surface area contributed by atoms with Gasteiger partial charge < -0.3 is 18.9 Å². The number of urea groups is 1. The molecule has 4 rings (SSSR count). The van der Waals surface area contributed by atoms with Crippen LogP contribution in [0.2, 0.25) is 0 Å². The first-order valence-electron chi connectivity index (χ1n) is 14.6. The van der Waals surface area contributed by atoms with Crippen LogP contribution in [-0.2, 0) is 17.9 Å². The molecular formula is C31H44N4O6. The summed E-state index contributed by atoms with van der Waals surface area (Å²) < 4.78 is 22.8. The molecule has 2 heterocycles. The molecule has 2 aromatic rings. The Labute approximate surface area is 243 Å². The summed E-state index contributed by atoms with van der Waals surface area (Å²) in [7, 11) is 3.26. The molecule has 224 valence electrons. The normalized spacial score (nSPS) is 16.9. The Balaban J connectivity index is 1.44. The van der Waals surface area contributed by atoms with Crippen molar-refractivity contribution in [3.63, 3.8) is 0 Å². The van der Waals surface area contributed by atoms with Gasteiger partial charge >= 0.3 is 6.03 Å². The minimum atomic E-state index is -1.04. The monoisotopic (exact) mass is 568 g/mol. The molecule has 0 aliphatic carbocycles. The van der Waals surface area contributed by atoms with Gasteiger partial charge in [-0.05, 0) is 61.1 Å². The first kappa shape index (κ1) is 30.5. The van der Waals surface area contributed by atoms with Gasteiger partial charge in [-0.3, -0.25) is 14.6 Å². The zero-order valence-electron chi connectivity index (χ0n) is 24.8. The van der Waals surface area contributed by atoms with Crippen LogP contribution >= 0.6 is 0 Å². The molecule has 10 heteroatoms. The number of carbonyl (C=O) groups is 2. The number of methoxy groups -OCH3 is 2. The van der Waals surface area contributed by atoms with Crippen molar-refractivity contribution < 1.29 is 28.5 Å². The zero-order chi connectivity index (χ0) is 29.4. The number of likely N-dealkylation sites (tertiary alicyclic amines) is 1. The molecule has 1 spiro atoms. The lowest BCUT2D eigenvalue weighted by Gasteiger charge is -2.40. The lowest BCUT2D eigenvalue weighted by atomic mass is 9.86. The first-order valence-corrected chi connectivity index (χ1v) is 14.6. The quantitative estimate of drug-likeness (QED) is 0.151. The summed E-state index contributed by atoms with van der Waals surface area (Å²) in [5.41, 5.74) is 0.802. The van der Waals surface area contributed by atoms with E-state index in [1.807, 2.05) is 36.4 Å². The molecule has 3 amide bonds. The van der Waals surface area contributed by atoms with Crippen LogP contribution in [0.25, 0.3) is 0 Å². The van der Waals surface area contributed by atoms with E-state index in [4.69, 9.17) is 24.8 Å². The van der Waals surface area contributed by atoms with E-state index in [0.29, 0.717) is 57.2 Å². The van der Waals surface area contributed by atoms with Crippen molar-refractivity contribution in [3.05, 3.63) is 47.5 Å². The number of nitrogens with zero attached hydrogens (tertiary/aromatic N) is 3. The number of nitrogens with two attached hydrogens (primary N) is 1. The van der Waals surface area contributed by atoms with Crippen LogP contribution in [0.1, 0.15) is 63.5 Å². The predicted octanol–water partition coefficient (Wildman–Crippen LogP) is 4.73. The second-order valence-corrected chi connectivity index (χ2v) is 10.8. The summed E-state index contributed by atoms with van der Waals surface area (Å²) in [4.78, 5) is 30.5. The van der Waals surface area contributed by atoms with Gasteiger partial charge in [0.2, 0.25) is 0 Å². The highest BCUT2D eigenvalue weighted by atomic mass is 16.5. The van der Waals surface area contributed by atoms with Crippen molar-refractivity contribution in [2.75, 3.05) is 40.5 Å². The van der Waals surface area contributed by atoms with Crippen LogP contribution in [0.15, 0.2) is 36.4 Å². The number of carbonyl (C=O) groups excluding carboxylic acids is 2. The van der Waals surface area contributed by atoms with E-state index in [0.717, 1.165) is 53.3 Å². The fourth-order valence-electron chi connectivity index (χ4n) is 5.36. The van der Waals surface area contributed by atoms with Crippen molar-refractivity contribution in [1.82, 2.24) is 14.8 Å². The molecule has 2 N–H and O–H groups in total. The molecule has 0 radical (unpaired) electrons. The number of benzene rings is 2. The second kappa shape index (κ2) is 13.9. The second-order valence-electron chi connectivity index (χ2n) is 10.8. The van der Waals surface area contributed by atoms with Gasteiger partial charge in [0.25, 0.3) is 5.91 Å². The number of hydrazine groups is 1. The summed E-state index contributed by atoms with van der Waals surface area (Å²) in [6.45, 7) is 7.45. The van der Waals surface area contributed by atoms with Gasteiger partial charge in [0.1, 0.15) is 17.0 Å². The van der Waals surface area contributed by atoms with Crippen molar-refractivity contribution in [2.45, 2.75) is 71.0 Å². The Morgan fingerprint density at radius 2 is 1.41 bits per heavy atom. The number of imide groups is 1. The number of amides is 3. The molecule has 2 aromatic carbocycles. The van der Waals surface area contributed by atoms with Gasteiger partial charge in [0.05, 0.1) is 34.0 Å². The minimum Gasteiger partial charge on any atom is -0.497 e. The average molecular weight is 569 g/mol. The molecule has 2 aliphatic rings. The summed E-state index contributed by atoms with van der Waals surface area (Å²) >= 11 is 0. The van der Waals surface area contributed by atoms with Crippen LogP contribution in [0.4, 0.5) is 4.79 Å². The van der Waals surface area contributed by atoms with Gasteiger partial charge in [-0.1, -0.05) is 32.8 Å². The predicted molar refractivity (Wildman–Crippen MR) is 156 cm³/mol. The fourth-order valence-corrected chi connectivity index (χ4v) is 5.36. The summed E-state index contributed by atoms with van der Waals surface area (Å²) in [6.07, 6.45) is 4.85. The molecular weight excluding hydrogens is 524 g/mol. The van der Waals surface area contributed by atoms with Crippen LogP contribution in [-0.4, -0.2) is 72.8 Å². The third-order valence-corrected chi connectivity index (χ3v) is 7.90. The third-order valence-electron chi connectivity index (χ3n) is 7.90. The van der Waals surface area contributed by atoms with Gasteiger partial charge in [-0.2, -0.15) is 0 Å². The van der Waals surface area contributed by atoms with E-state index in [1.54, 1.807) is 14.2 Å². The van der Waals surface area contributed by atoms with Crippen LogP contribution in [0.5, 0.6) is 23.0 Å². The smallest absolute Gasteiger partial charge is 0.342 e.